The third kappa shape index (κ3) is 4.28. The van der Waals surface area contributed by atoms with Gasteiger partial charge in [0, 0.05) is 18.7 Å². The summed E-state index contributed by atoms with van der Waals surface area (Å²) < 4.78 is 10.6. The van der Waals surface area contributed by atoms with Gasteiger partial charge in [-0.15, -0.1) is 0 Å². The number of nitrogens with one attached hydrogen (secondary N) is 1. The molecule has 22 heavy (non-hydrogen) atoms. The molecular weight excluding hydrogens is 318 g/mol. The number of thioether (sulfide) groups is 1. The van der Waals surface area contributed by atoms with Crippen LogP contribution in [0.3, 0.4) is 0 Å². The average Bonchev–Trinajstić information content (AvgIpc) is 3.23. The zero-order chi connectivity index (χ0) is 15.2. The van der Waals surface area contributed by atoms with Crippen molar-refractivity contribution in [2.75, 3.05) is 18.9 Å². The molecule has 0 bridgehead atoms. The van der Waals surface area contributed by atoms with E-state index in [0.717, 1.165) is 29.4 Å². The molecule has 1 saturated heterocycles. The number of hydrogen-bond acceptors (Lipinski definition) is 6. The fourth-order valence-electron chi connectivity index (χ4n) is 2.18. The largest absolute Gasteiger partial charge is 0.376 e. The van der Waals surface area contributed by atoms with E-state index < -0.39 is 0 Å². The van der Waals surface area contributed by atoms with Gasteiger partial charge in [0.25, 0.3) is 0 Å². The van der Waals surface area contributed by atoms with Crippen LogP contribution in [0, 0.1) is 0 Å². The molecule has 1 atom stereocenters. The van der Waals surface area contributed by atoms with Crippen LogP contribution < -0.4 is 5.32 Å². The summed E-state index contributed by atoms with van der Waals surface area (Å²) in [5.74, 6) is 1.08. The minimum absolute atomic E-state index is 0.0111. The van der Waals surface area contributed by atoms with Crippen LogP contribution in [-0.4, -0.2) is 40.3 Å². The summed E-state index contributed by atoms with van der Waals surface area (Å²) in [5.41, 5.74) is 0.994. The number of hydrogen-bond donors (Lipinski definition) is 1. The second kappa shape index (κ2) is 7.71. The lowest BCUT2D eigenvalue weighted by atomic mass is 10.2. The van der Waals surface area contributed by atoms with Crippen molar-refractivity contribution >= 4 is 29.2 Å². The predicted molar refractivity (Wildman–Crippen MR) is 88.1 cm³/mol. The van der Waals surface area contributed by atoms with Crippen molar-refractivity contribution in [1.29, 1.82) is 0 Å². The van der Waals surface area contributed by atoms with Crippen molar-refractivity contribution in [2.24, 2.45) is 0 Å². The maximum absolute atomic E-state index is 11.8. The minimum atomic E-state index is 0.0111. The Kier molecular flexibility index (Phi) is 5.42. The first kappa shape index (κ1) is 15.5. The highest BCUT2D eigenvalue weighted by Crippen LogP contribution is 2.24. The molecule has 2 heterocycles. The summed E-state index contributed by atoms with van der Waals surface area (Å²) in [5, 5.41) is 2.91. The zero-order valence-corrected chi connectivity index (χ0v) is 13.7. The Balaban J connectivity index is 1.45. The van der Waals surface area contributed by atoms with Crippen LogP contribution in [0.15, 0.2) is 34.7 Å². The van der Waals surface area contributed by atoms with Crippen LogP contribution in [0.5, 0.6) is 0 Å². The summed E-state index contributed by atoms with van der Waals surface area (Å²) in [4.78, 5) is 16.3. The summed E-state index contributed by atoms with van der Waals surface area (Å²) in [7, 11) is 0. The maximum Gasteiger partial charge on any atom is 0.230 e. The lowest BCUT2D eigenvalue weighted by Gasteiger charge is -2.09. The molecule has 1 fully saturated rings. The molecule has 1 aliphatic rings. The second-order valence-electron chi connectivity index (χ2n) is 4.98. The van der Waals surface area contributed by atoms with Gasteiger partial charge in [-0.3, -0.25) is 4.79 Å². The number of amides is 1. The van der Waals surface area contributed by atoms with Crippen LogP contribution in [0.1, 0.15) is 12.8 Å². The van der Waals surface area contributed by atoms with Gasteiger partial charge in [-0.2, -0.15) is 4.37 Å². The number of ether oxygens (including phenoxy) is 1. The third-order valence-electron chi connectivity index (χ3n) is 3.32. The Hall–Kier alpha value is -1.44. The van der Waals surface area contributed by atoms with E-state index in [0.29, 0.717) is 18.1 Å². The molecule has 1 aliphatic heterocycles. The van der Waals surface area contributed by atoms with E-state index >= 15 is 0 Å². The number of rotatable bonds is 6. The molecule has 7 heteroatoms. The summed E-state index contributed by atoms with van der Waals surface area (Å²) in [6.45, 7) is 1.41. The van der Waals surface area contributed by atoms with Crippen LogP contribution in [-0.2, 0) is 9.53 Å². The molecule has 1 N–H and O–H groups in total. The fraction of sp³-hybridized carbons (Fsp3) is 0.400. The highest BCUT2D eigenvalue weighted by molar-refractivity contribution is 8.01. The highest BCUT2D eigenvalue weighted by Gasteiger charge is 2.16. The van der Waals surface area contributed by atoms with E-state index in [-0.39, 0.29) is 12.0 Å². The van der Waals surface area contributed by atoms with Crippen molar-refractivity contribution in [3.05, 3.63) is 30.3 Å². The zero-order valence-electron chi connectivity index (χ0n) is 12.0. The van der Waals surface area contributed by atoms with Gasteiger partial charge >= 0.3 is 0 Å². The first-order chi connectivity index (χ1) is 10.8. The molecule has 0 unspecified atom stereocenters. The van der Waals surface area contributed by atoms with Crippen molar-refractivity contribution in [1.82, 2.24) is 14.7 Å². The number of nitrogens with zero attached hydrogens (tertiary/aromatic N) is 2. The molecule has 0 saturated carbocycles. The summed E-state index contributed by atoms with van der Waals surface area (Å²) in [6.07, 6.45) is 2.30. The standard InChI is InChI=1S/C15H17N3O2S2/c19-13(16-9-12-7-4-8-20-12)10-21-15-17-14(18-22-15)11-5-2-1-3-6-11/h1-3,5-6,12H,4,7-10H2,(H,16,19)/t12-/m0/s1. The Morgan fingerprint density at radius 3 is 3.05 bits per heavy atom. The highest BCUT2D eigenvalue weighted by atomic mass is 32.2. The molecule has 1 amide bonds. The third-order valence-corrected chi connectivity index (χ3v) is 5.15. The maximum atomic E-state index is 11.8. The lowest BCUT2D eigenvalue weighted by Crippen LogP contribution is -2.32. The van der Waals surface area contributed by atoms with E-state index in [1.54, 1.807) is 0 Å². The SMILES string of the molecule is O=C(CSc1nc(-c2ccccc2)ns1)NC[C@@H]1CCCO1. The van der Waals surface area contributed by atoms with E-state index in [1.807, 2.05) is 30.3 Å². The van der Waals surface area contributed by atoms with Crippen LogP contribution in [0.4, 0.5) is 0 Å². The van der Waals surface area contributed by atoms with Gasteiger partial charge in [-0.1, -0.05) is 42.1 Å². The molecule has 5 nitrogen and oxygen atoms in total. The van der Waals surface area contributed by atoms with Crippen LogP contribution >= 0.6 is 23.3 Å². The molecule has 116 valence electrons. The monoisotopic (exact) mass is 335 g/mol. The van der Waals surface area contributed by atoms with Gasteiger partial charge in [-0.25, -0.2) is 4.98 Å². The van der Waals surface area contributed by atoms with Crippen molar-refractivity contribution < 1.29 is 9.53 Å². The van der Waals surface area contributed by atoms with E-state index in [2.05, 4.69) is 14.7 Å². The van der Waals surface area contributed by atoms with Gasteiger partial charge in [0.1, 0.15) is 0 Å². The smallest absolute Gasteiger partial charge is 0.230 e. The van der Waals surface area contributed by atoms with Crippen LogP contribution in [0.25, 0.3) is 11.4 Å². The quantitative estimate of drug-likeness (QED) is 0.822. The topological polar surface area (TPSA) is 64.1 Å². The van der Waals surface area contributed by atoms with Crippen LogP contribution in [0.2, 0.25) is 0 Å². The Bertz CT molecular complexity index is 612. The molecular formula is C15H17N3O2S2. The predicted octanol–water partition coefficient (Wildman–Crippen LogP) is 2.59. The molecule has 3 rings (SSSR count). The molecule has 1 aromatic carbocycles. The molecule has 0 radical (unpaired) electrons. The normalized spacial score (nSPS) is 17.5. The molecule has 0 aliphatic carbocycles. The number of carbonyl (C=O) groups is 1. The minimum Gasteiger partial charge on any atom is -0.376 e. The molecule has 2 aromatic rings. The van der Waals surface area contributed by atoms with Gasteiger partial charge in [-0.05, 0) is 24.4 Å². The second-order valence-corrected chi connectivity index (χ2v) is 6.95. The van der Waals surface area contributed by atoms with Gasteiger partial charge in [0.05, 0.1) is 11.9 Å². The average molecular weight is 335 g/mol. The first-order valence-corrected chi connectivity index (χ1v) is 8.97. The van der Waals surface area contributed by atoms with E-state index in [4.69, 9.17) is 4.74 Å². The summed E-state index contributed by atoms with van der Waals surface area (Å²) in [6, 6.07) is 9.84. The van der Waals surface area contributed by atoms with Crippen molar-refractivity contribution in [3.8, 4) is 11.4 Å². The van der Waals surface area contributed by atoms with Gasteiger partial charge in [0.15, 0.2) is 10.2 Å². The fourth-order valence-corrected chi connectivity index (χ4v) is 3.63. The Morgan fingerprint density at radius 2 is 2.27 bits per heavy atom. The molecule has 0 spiro atoms. The first-order valence-electron chi connectivity index (χ1n) is 7.21. The number of carbonyl (C=O) groups excluding carboxylic acids is 1. The summed E-state index contributed by atoms with van der Waals surface area (Å²) >= 11 is 2.75. The van der Waals surface area contributed by atoms with Gasteiger partial charge in [0.2, 0.25) is 5.91 Å². The number of benzene rings is 1. The molecule has 1 aromatic heterocycles. The lowest BCUT2D eigenvalue weighted by molar-refractivity contribution is -0.119. The Morgan fingerprint density at radius 1 is 1.41 bits per heavy atom. The van der Waals surface area contributed by atoms with E-state index in [9.17, 15) is 4.79 Å². The Labute approximate surface area is 137 Å². The van der Waals surface area contributed by atoms with Gasteiger partial charge < -0.3 is 10.1 Å². The van der Waals surface area contributed by atoms with Crippen molar-refractivity contribution in [3.63, 3.8) is 0 Å². The van der Waals surface area contributed by atoms with Crippen molar-refractivity contribution in [2.45, 2.75) is 23.3 Å². The van der Waals surface area contributed by atoms with E-state index in [1.165, 1.54) is 23.3 Å². The number of aromatic nitrogens is 2.